The van der Waals surface area contributed by atoms with Crippen molar-refractivity contribution in [1.29, 1.82) is 0 Å². The molecule has 1 aliphatic heterocycles. The third kappa shape index (κ3) is 4.72. The normalized spacial score (nSPS) is 19.2. The van der Waals surface area contributed by atoms with Crippen LogP contribution >= 0.6 is 11.6 Å². The first-order chi connectivity index (χ1) is 9.79. The first-order valence-corrected chi connectivity index (χ1v) is 7.40. The molecule has 0 amide bonds. The summed E-state index contributed by atoms with van der Waals surface area (Å²) in [7, 11) is 2.10. The minimum atomic E-state index is 0.123. The van der Waals surface area contributed by atoms with Crippen LogP contribution in [0.3, 0.4) is 0 Å². The molecule has 1 aromatic rings. The number of halogens is 1. The lowest BCUT2D eigenvalue weighted by atomic mass is 10.2. The maximum atomic E-state index is 5.87. The van der Waals surface area contributed by atoms with Crippen LogP contribution in [0.1, 0.15) is 12.0 Å². The number of hydrogen-bond acceptors (Lipinski definition) is 3. The highest BCUT2D eigenvalue weighted by atomic mass is 35.5. The van der Waals surface area contributed by atoms with Gasteiger partial charge in [-0.05, 0) is 19.2 Å². The molecule has 0 aromatic heterocycles. The zero-order valence-electron chi connectivity index (χ0n) is 11.8. The van der Waals surface area contributed by atoms with Gasteiger partial charge in [0.2, 0.25) is 0 Å². The topological polar surface area (TPSA) is 21.7 Å². The number of alkyl halides is 1. The van der Waals surface area contributed by atoms with Crippen molar-refractivity contribution in [3.63, 3.8) is 0 Å². The summed E-state index contributed by atoms with van der Waals surface area (Å²) in [5, 5.41) is 0. The number of rotatable bonds is 4. The number of likely N-dealkylation sites (N-methyl/N-ethyl adjacent to an activating group) is 1. The minimum absolute atomic E-state index is 0.123. The summed E-state index contributed by atoms with van der Waals surface area (Å²) in [5.41, 5.74) is 0.904. The van der Waals surface area contributed by atoms with Gasteiger partial charge in [-0.1, -0.05) is 24.0 Å². The molecule has 4 heteroatoms. The number of benzene rings is 1. The van der Waals surface area contributed by atoms with Crippen LogP contribution < -0.4 is 4.74 Å². The average Bonchev–Trinajstić information content (AvgIpc) is 2.47. The lowest BCUT2D eigenvalue weighted by Crippen LogP contribution is -2.42. The van der Waals surface area contributed by atoms with E-state index in [1.807, 2.05) is 24.3 Å². The fraction of sp³-hybridized carbons (Fsp3) is 0.500. The van der Waals surface area contributed by atoms with E-state index in [0.717, 1.165) is 31.0 Å². The van der Waals surface area contributed by atoms with Gasteiger partial charge in [-0.15, -0.1) is 11.6 Å². The molecule has 1 atom stereocenters. The van der Waals surface area contributed by atoms with Crippen LogP contribution in [0.15, 0.2) is 24.3 Å². The molecule has 0 saturated carbocycles. The second-order valence-corrected chi connectivity index (χ2v) is 5.18. The van der Waals surface area contributed by atoms with E-state index in [1.165, 1.54) is 0 Å². The number of morpholine rings is 1. The van der Waals surface area contributed by atoms with Crippen molar-refractivity contribution in [3.8, 4) is 17.6 Å². The van der Waals surface area contributed by atoms with Crippen molar-refractivity contribution in [1.82, 2.24) is 4.90 Å². The fourth-order valence-electron chi connectivity index (χ4n) is 2.05. The molecule has 0 spiro atoms. The third-order valence-corrected chi connectivity index (χ3v) is 3.29. The van der Waals surface area contributed by atoms with Crippen molar-refractivity contribution in [2.45, 2.75) is 12.5 Å². The molecule has 1 aliphatic rings. The zero-order valence-corrected chi connectivity index (χ0v) is 12.5. The highest BCUT2D eigenvalue weighted by molar-refractivity contribution is 6.18. The Morgan fingerprint density at radius 2 is 2.30 bits per heavy atom. The molecule has 1 saturated heterocycles. The van der Waals surface area contributed by atoms with Gasteiger partial charge < -0.3 is 14.4 Å². The first kappa shape index (κ1) is 15.2. The summed E-state index contributed by atoms with van der Waals surface area (Å²) in [5.74, 6) is 7.50. The average molecular weight is 294 g/mol. The van der Waals surface area contributed by atoms with Crippen LogP contribution in [0, 0.1) is 11.8 Å². The maximum Gasteiger partial charge on any atom is 0.135 e. The Morgan fingerprint density at radius 3 is 3.10 bits per heavy atom. The summed E-state index contributed by atoms with van der Waals surface area (Å²) >= 11 is 5.63. The molecule has 3 nitrogen and oxygen atoms in total. The highest BCUT2D eigenvalue weighted by Gasteiger charge is 2.18. The van der Waals surface area contributed by atoms with E-state index in [4.69, 9.17) is 21.1 Å². The van der Waals surface area contributed by atoms with Crippen LogP contribution in [0.25, 0.3) is 0 Å². The molecular weight excluding hydrogens is 274 g/mol. The second-order valence-electron chi connectivity index (χ2n) is 4.80. The Hall–Kier alpha value is -1.21. The van der Waals surface area contributed by atoms with Crippen LogP contribution in [-0.2, 0) is 4.74 Å². The van der Waals surface area contributed by atoms with Crippen LogP contribution in [0.4, 0.5) is 0 Å². The van der Waals surface area contributed by atoms with Gasteiger partial charge in [0.15, 0.2) is 0 Å². The summed E-state index contributed by atoms with van der Waals surface area (Å²) < 4.78 is 11.6. The number of hydrogen-bond donors (Lipinski definition) is 0. The van der Waals surface area contributed by atoms with Crippen LogP contribution in [-0.4, -0.2) is 50.2 Å². The van der Waals surface area contributed by atoms with Gasteiger partial charge >= 0.3 is 0 Å². The third-order valence-electron chi connectivity index (χ3n) is 3.10. The Morgan fingerprint density at radius 1 is 1.45 bits per heavy atom. The molecule has 20 heavy (non-hydrogen) atoms. The van der Waals surface area contributed by atoms with Gasteiger partial charge in [-0.3, -0.25) is 0 Å². The molecule has 0 radical (unpaired) electrons. The van der Waals surface area contributed by atoms with Gasteiger partial charge in [-0.25, -0.2) is 0 Å². The molecule has 0 bridgehead atoms. The van der Waals surface area contributed by atoms with Gasteiger partial charge in [-0.2, -0.15) is 0 Å². The highest BCUT2D eigenvalue weighted by Crippen LogP contribution is 2.17. The molecule has 1 heterocycles. The molecule has 0 N–H and O–H groups in total. The minimum Gasteiger partial charge on any atom is -0.490 e. The second kappa shape index (κ2) is 8.16. The van der Waals surface area contributed by atoms with Gasteiger partial charge in [0, 0.05) is 25.4 Å². The van der Waals surface area contributed by atoms with Crippen LogP contribution in [0.2, 0.25) is 0 Å². The largest absolute Gasteiger partial charge is 0.490 e. The summed E-state index contributed by atoms with van der Waals surface area (Å²) in [4.78, 5) is 2.25. The number of nitrogens with zero attached hydrogens (tertiary/aromatic N) is 1. The van der Waals surface area contributed by atoms with Crippen LogP contribution in [0.5, 0.6) is 5.75 Å². The van der Waals surface area contributed by atoms with Crippen molar-refractivity contribution >= 4 is 11.6 Å². The molecular formula is C16H20ClNO2. The molecule has 108 valence electrons. The molecule has 2 rings (SSSR count). The van der Waals surface area contributed by atoms with Gasteiger partial charge in [0.25, 0.3) is 0 Å². The summed E-state index contributed by atoms with van der Waals surface area (Å²) in [6, 6.07) is 7.82. The van der Waals surface area contributed by atoms with Crippen molar-refractivity contribution in [2.75, 3.05) is 39.2 Å². The predicted octanol–water partition coefficient (Wildman–Crippen LogP) is 2.38. The molecule has 1 fully saturated rings. The Bertz CT molecular complexity index is 481. The number of para-hydroxylation sites is 1. The van der Waals surface area contributed by atoms with E-state index in [9.17, 15) is 0 Å². The quantitative estimate of drug-likeness (QED) is 0.628. The van der Waals surface area contributed by atoms with E-state index in [2.05, 4.69) is 23.8 Å². The standard InChI is InChI=1S/C16H20ClNO2/c1-18-10-11-19-15(12-18)13-20-16-8-3-2-6-14(16)7-4-5-9-17/h2-3,6,8,15H,5,9-13H2,1H3. The van der Waals surface area contributed by atoms with Crippen molar-refractivity contribution in [3.05, 3.63) is 29.8 Å². The maximum absolute atomic E-state index is 5.87. The van der Waals surface area contributed by atoms with E-state index < -0.39 is 0 Å². The van der Waals surface area contributed by atoms with E-state index in [1.54, 1.807) is 0 Å². The van der Waals surface area contributed by atoms with Gasteiger partial charge in [0.1, 0.15) is 18.5 Å². The Kier molecular flexibility index (Phi) is 6.20. The first-order valence-electron chi connectivity index (χ1n) is 6.86. The molecule has 0 aliphatic carbocycles. The lowest BCUT2D eigenvalue weighted by Gasteiger charge is -2.29. The Labute approximate surface area is 125 Å². The number of ether oxygens (including phenoxy) is 2. The van der Waals surface area contributed by atoms with E-state index >= 15 is 0 Å². The van der Waals surface area contributed by atoms with Crippen molar-refractivity contribution in [2.24, 2.45) is 0 Å². The Balaban J connectivity index is 1.94. The molecule has 1 unspecified atom stereocenters. The zero-order chi connectivity index (χ0) is 14.2. The summed E-state index contributed by atoms with van der Waals surface area (Å²) in [6.07, 6.45) is 0.810. The van der Waals surface area contributed by atoms with E-state index in [0.29, 0.717) is 18.9 Å². The molecule has 1 aromatic carbocycles. The van der Waals surface area contributed by atoms with E-state index in [-0.39, 0.29) is 6.10 Å². The van der Waals surface area contributed by atoms with Gasteiger partial charge in [0.05, 0.1) is 12.2 Å². The lowest BCUT2D eigenvalue weighted by molar-refractivity contribution is -0.0403. The SMILES string of the molecule is CN1CCOC(COc2ccccc2C#CCCCl)C1. The summed E-state index contributed by atoms with van der Waals surface area (Å²) in [6.45, 7) is 3.21. The fourth-order valence-corrected chi connectivity index (χ4v) is 2.15. The smallest absolute Gasteiger partial charge is 0.135 e. The van der Waals surface area contributed by atoms with Crippen molar-refractivity contribution < 1.29 is 9.47 Å². The predicted molar refractivity (Wildman–Crippen MR) is 81.4 cm³/mol. The monoisotopic (exact) mass is 293 g/mol.